The molecular weight excluding hydrogens is 410 g/mol. The van der Waals surface area contributed by atoms with Crippen molar-refractivity contribution < 1.29 is 9.59 Å². The fraction of sp³-hybridized carbons (Fsp3) is 0.0625. The molecule has 2 amide bonds. The third-order valence-corrected chi connectivity index (χ3v) is 5.45. The molecule has 0 aliphatic rings. The molecule has 2 aromatic heterocycles. The Morgan fingerprint density at radius 1 is 1.17 bits per heavy atom. The van der Waals surface area contributed by atoms with Crippen LogP contribution in [-0.4, -0.2) is 16.8 Å². The van der Waals surface area contributed by atoms with Crippen LogP contribution in [0.25, 0.3) is 16.3 Å². The molecule has 0 radical (unpaired) electrons. The van der Waals surface area contributed by atoms with Gasteiger partial charge >= 0.3 is 0 Å². The Morgan fingerprint density at radius 3 is 2.71 bits per heavy atom. The summed E-state index contributed by atoms with van der Waals surface area (Å²) in [4.78, 5) is 28.4. The number of carbonyl (C=O) groups is 2. The molecule has 24 heavy (non-hydrogen) atoms. The molecule has 8 heteroatoms. The summed E-state index contributed by atoms with van der Waals surface area (Å²) < 4.78 is 1.91. The van der Waals surface area contributed by atoms with E-state index in [0.29, 0.717) is 10.8 Å². The van der Waals surface area contributed by atoms with E-state index in [4.69, 9.17) is 0 Å². The van der Waals surface area contributed by atoms with Crippen molar-refractivity contribution in [1.82, 2.24) is 4.98 Å². The van der Waals surface area contributed by atoms with E-state index in [0.717, 1.165) is 18.9 Å². The Hall–Kier alpha value is -2.03. The second-order valence-corrected chi connectivity index (χ2v) is 8.37. The maximum atomic E-state index is 12.0. The third kappa shape index (κ3) is 4.28. The van der Waals surface area contributed by atoms with Gasteiger partial charge in [0.25, 0.3) is 0 Å². The molecule has 1 aromatic carbocycles. The summed E-state index contributed by atoms with van der Waals surface area (Å²) in [5.41, 5.74) is 1.46. The third-order valence-electron chi connectivity index (χ3n) is 2.93. The lowest BCUT2D eigenvalue weighted by Crippen LogP contribution is -2.07. The van der Waals surface area contributed by atoms with Gasteiger partial charge < -0.3 is 10.6 Å². The van der Waals surface area contributed by atoms with E-state index in [1.807, 2.05) is 24.3 Å². The molecule has 0 aliphatic carbocycles. The van der Waals surface area contributed by atoms with E-state index in [9.17, 15) is 9.59 Å². The predicted octanol–water partition coefficient (Wildman–Crippen LogP) is 4.73. The molecule has 0 saturated heterocycles. The Morgan fingerprint density at radius 2 is 2.00 bits per heavy atom. The van der Waals surface area contributed by atoms with E-state index < -0.39 is 0 Å². The zero-order chi connectivity index (χ0) is 17.1. The molecule has 3 aromatic rings. The molecule has 0 spiro atoms. The Bertz CT molecular complexity index is 946. The minimum absolute atomic E-state index is 0.159. The van der Waals surface area contributed by atoms with E-state index in [1.54, 1.807) is 23.5 Å². The summed E-state index contributed by atoms with van der Waals surface area (Å²) >= 11 is 6.30. The monoisotopic (exact) mass is 421 g/mol. The SMILES string of the molecule is CC(=O)Nc1nc2ccc(NC(=O)/C=C/c3ccc(Br)s3)cc2s1. The molecule has 5 nitrogen and oxygen atoms in total. The first-order valence-electron chi connectivity index (χ1n) is 6.92. The topological polar surface area (TPSA) is 71.1 Å². The van der Waals surface area contributed by atoms with E-state index >= 15 is 0 Å². The second-order valence-electron chi connectivity index (χ2n) is 4.85. The van der Waals surface area contributed by atoms with Crippen molar-refractivity contribution in [3.05, 3.63) is 45.1 Å². The molecule has 0 fully saturated rings. The van der Waals surface area contributed by atoms with Gasteiger partial charge in [-0.05, 0) is 52.3 Å². The molecule has 2 heterocycles. The van der Waals surface area contributed by atoms with Crippen LogP contribution >= 0.6 is 38.6 Å². The zero-order valence-corrected chi connectivity index (χ0v) is 15.7. The van der Waals surface area contributed by atoms with Crippen molar-refractivity contribution in [3.63, 3.8) is 0 Å². The molecule has 0 unspecified atom stereocenters. The smallest absolute Gasteiger partial charge is 0.248 e. The Balaban J connectivity index is 1.71. The molecule has 0 atom stereocenters. The number of thiophene rings is 1. The van der Waals surface area contributed by atoms with Crippen LogP contribution in [0.2, 0.25) is 0 Å². The van der Waals surface area contributed by atoms with Gasteiger partial charge in [0.15, 0.2) is 5.13 Å². The summed E-state index contributed by atoms with van der Waals surface area (Å²) in [7, 11) is 0. The van der Waals surface area contributed by atoms with Crippen molar-refractivity contribution in [2.75, 3.05) is 10.6 Å². The highest BCUT2D eigenvalue weighted by Crippen LogP contribution is 2.28. The number of rotatable bonds is 4. The van der Waals surface area contributed by atoms with Crippen LogP contribution in [0.1, 0.15) is 11.8 Å². The first-order valence-corrected chi connectivity index (χ1v) is 9.35. The van der Waals surface area contributed by atoms with Crippen molar-refractivity contribution in [2.24, 2.45) is 0 Å². The Kier molecular flexibility index (Phi) is 5.08. The number of fused-ring (bicyclic) bond motifs is 1. The summed E-state index contributed by atoms with van der Waals surface area (Å²) in [6, 6.07) is 9.31. The highest BCUT2D eigenvalue weighted by molar-refractivity contribution is 9.11. The van der Waals surface area contributed by atoms with Gasteiger partial charge in [0.05, 0.1) is 14.0 Å². The minimum atomic E-state index is -0.203. The number of hydrogen-bond acceptors (Lipinski definition) is 5. The molecule has 3 rings (SSSR count). The number of halogens is 1. The predicted molar refractivity (Wildman–Crippen MR) is 104 cm³/mol. The lowest BCUT2D eigenvalue weighted by Gasteiger charge is -2.01. The standard InChI is InChI=1S/C16H12BrN3O2S2/c1-9(21)18-16-20-12-5-2-10(8-13(12)24-16)19-15(22)7-4-11-3-6-14(17)23-11/h2-8H,1H3,(H,19,22)(H,18,20,21)/b7-4+. The number of amides is 2. The van der Waals surface area contributed by atoms with Crippen LogP contribution in [0.4, 0.5) is 10.8 Å². The molecule has 0 bridgehead atoms. The van der Waals surface area contributed by atoms with Gasteiger partial charge in [0.2, 0.25) is 11.8 Å². The van der Waals surface area contributed by atoms with Gasteiger partial charge in [0, 0.05) is 23.6 Å². The van der Waals surface area contributed by atoms with E-state index in [1.165, 1.54) is 24.3 Å². The highest BCUT2D eigenvalue weighted by atomic mass is 79.9. The Labute approximate surface area is 154 Å². The summed E-state index contributed by atoms with van der Waals surface area (Å²) in [5.74, 6) is -0.363. The summed E-state index contributed by atoms with van der Waals surface area (Å²) in [5, 5.41) is 6.03. The number of nitrogens with zero attached hydrogens (tertiary/aromatic N) is 1. The summed E-state index contributed by atoms with van der Waals surface area (Å²) in [6.07, 6.45) is 3.27. The van der Waals surface area contributed by atoms with Crippen molar-refractivity contribution in [3.8, 4) is 0 Å². The number of aromatic nitrogens is 1. The summed E-state index contributed by atoms with van der Waals surface area (Å²) in [6.45, 7) is 1.44. The van der Waals surface area contributed by atoms with Crippen LogP contribution in [0.5, 0.6) is 0 Å². The maximum absolute atomic E-state index is 12.0. The maximum Gasteiger partial charge on any atom is 0.248 e. The number of benzene rings is 1. The van der Waals surface area contributed by atoms with Gasteiger partial charge in [-0.1, -0.05) is 11.3 Å². The molecule has 2 N–H and O–H groups in total. The molecular formula is C16H12BrN3O2S2. The lowest BCUT2D eigenvalue weighted by molar-refractivity contribution is -0.114. The minimum Gasteiger partial charge on any atom is -0.322 e. The van der Waals surface area contributed by atoms with Gasteiger partial charge in [0.1, 0.15) is 0 Å². The fourth-order valence-electron chi connectivity index (χ4n) is 1.97. The van der Waals surface area contributed by atoms with E-state index in [2.05, 4.69) is 31.5 Å². The molecule has 0 aliphatic heterocycles. The highest BCUT2D eigenvalue weighted by Gasteiger charge is 2.07. The number of anilines is 2. The number of thiazole rings is 1. The number of hydrogen-bond donors (Lipinski definition) is 2. The van der Waals surface area contributed by atoms with Crippen LogP contribution < -0.4 is 10.6 Å². The van der Waals surface area contributed by atoms with Crippen LogP contribution in [0, 0.1) is 0 Å². The molecule has 122 valence electrons. The van der Waals surface area contributed by atoms with Gasteiger partial charge in [-0.15, -0.1) is 11.3 Å². The average molecular weight is 422 g/mol. The van der Waals surface area contributed by atoms with Gasteiger partial charge in [-0.2, -0.15) is 0 Å². The molecule has 0 saturated carbocycles. The normalized spacial score (nSPS) is 11.1. The fourth-order valence-corrected chi connectivity index (χ4v) is 4.24. The first kappa shape index (κ1) is 16.8. The zero-order valence-electron chi connectivity index (χ0n) is 12.5. The second kappa shape index (κ2) is 7.25. The quantitative estimate of drug-likeness (QED) is 0.598. The average Bonchev–Trinajstić information content (AvgIpc) is 3.09. The largest absolute Gasteiger partial charge is 0.322 e. The van der Waals surface area contributed by atoms with Gasteiger partial charge in [-0.3, -0.25) is 9.59 Å². The van der Waals surface area contributed by atoms with Crippen LogP contribution in [0.3, 0.4) is 0 Å². The first-order chi connectivity index (χ1) is 11.5. The number of carbonyl (C=O) groups excluding carboxylic acids is 2. The van der Waals surface area contributed by atoms with Gasteiger partial charge in [-0.25, -0.2) is 4.98 Å². The lowest BCUT2D eigenvalue weighted by atomic mass is 10.3. The van der Waals surface area contributed by atoms with Crippen LogP contribution in [-0.2, 0) is 9.59 Å². The van der Waals surface area contributed by atoms with Crippen LogP contribution in [0.15, 0.2) is 40.2 Å². The van der Waals surface area contributed by atoms with Crippen molar-refractivity contribution >= 4 is 77.5 Å². The van der Waals surface area contributed by atoms with E-state index in [-0.39, 0.29) is 11.8 Å². The van der Waals surface area contributed by atoms with Crippen molar-refractivity contribution in [2.45, 2.75) is 6.92 Å². The van der Waals surface area contributed by atoms with Crippen molar-refractivity contribution in [1.29, 1.82) is 0 Å². The number of nitrogens with one attached hydrogen (secondary N) is 2.